The Hall–Kier alpha value is -6.21. The van der Waals surface area contributed by atoms with Gasteiger partial charge >= 0.3 is 11.7 Å². The van der Waals surface area contributed by atoms with E-state index in [0.717, 1.165) is 5.56 Å². The molecular weight excluding hydrogens is 975 g/mol. The fraction of sp³-hybridized carbons (Fsp3) is 0.0541. The molecule has 0 saturated heterocycles. The van der Waals surface area contributed by atoms with Gasteiger partial charge in [0.15, 0.2) is 82.5 Å². The van der Waals surface area contributed by atoms with Crippen LogP contribution in [0.2, 0.25) is 0 Å². The third kappa shape index (κ3) is 7.81. The lowest BCUT2D eigenvalue weighted by Gasteiger charge is -2.44. The van der Waals surface area contributed by atoms with E-state index in [-0.39, 0.29) is 5.52 Å². The van der Waals surface area contributed by atoms with Crippen LogP contribution in [0.4, 0.5) is 87.8 Å². The van der Waals surface area contributed by atoms with Crippen LogP contribution < -0.4 is 26.4 Å². The minimum Gasteiger partial charge on any atom is -0.446 e. The zero-order valence-corrected chi connectivity index (χ0v) is 31.3. The van der Waals surface area contributed by atoms with E-state index in [4.69, 9.17) is 4.74 Å². The summed E-state index contributed by atoms with van der Waals surface area (Å²) in [6.07, 6.45) is -2.30. The lowest BCUT2D eigenvalue weighted by atomic mass is 9.12. The zero-order valence-electron chi connectivity index (χ0n) is 29.8. The van der Waals surface area contributed by atoms with Gasteiger partial charge in [0.2, 0.25) is 0 Å². The van der Waals surface area contributed by atoms with Gasteiger partial charge in [0.25, 0.3) is 0 Å². The first kappa shape index (κ1) is 47.8. The van der Waals surface area contributed by atoms with Crippen molar-refractivity contribution in [1.29, 1.82) is 0 Å². The Bertz CT molecular complexity index is 2440. The smallest absolute Gasteiger partial charge is 0.406 e. The van der Waals surface area contributed by atoms with Crippen LogP contribution in [0.25, 0.3) is 0 Å². The molecule has 63 heavy (non-hydrogen) atoms. The highest BCUT2D eigenvalue weighted by molar-refractivity contribution is 9.09. The summed E-state index contributed by atoms with van der Waals surface area (Å²) in [7, 11) is 0. The maximum Gasteiger partial charge on any atom is 0.406 e. The number of esters is 1. The topological polar surface area (TPSA) is 43.1 Å². The molecule has 0 spiro atoms. The van der Waals surface area contributed by atoms with Gasteiger partial charge in [0.05, 0.1) is 6.20 Å². The number of carbonyl (C=O) groups excluding carboxylic acids is 1. The number of rotatable bonds is 8. The van der Waals surface area contributed by atoms with Crippen LogP contribution in [0.1, 0.15) is 16.1 Å². The Morgan fingerprint density at radius 3 is 1.05 bits per heavy atom. The molecule has 6 aromatic rings. The molecule has 0 amide bonds. The quantitative estimate of drug-likeness (QED) is 0.0298. The predicted molar refractivity (Wildman–Crippen MR) is 178 cm³/mol. The lowest BCUT2D eigenvalue weighted by Crippen LogP contribution is -2.81. The molecule has 1 heterocycles. The molecule has 0 unspecified atom stereocenters. The van der Waals surface area contributed by atoms with E-state index in [0.29, 0.717) is 12.2 Å². The number of benzene rings is 5. The highest BCUT2D eigenvalue weighted by atomic mass is 79.9. The van der Waals surface area contributed by atoms with Gasteiger partial charge in [-0.3, -0.25) is 4.98 Å². The summed E-state index contributed by atoms with van der Waals surface area (Å²) in [6, 6.07) is 9.90. The van der Waals surface area contributed by atoms with Crippen LogP contribution in [-0.2, 0) is 11.3 Å². The summed E-state index contributed by atoms with van der Waals surface area (Å²) in [5, 5.41) is 0. The van der Waals surface area contributed by atoms with Gasteiger partial charge in [-0.15, -0.1) is 21.9 Å². The average molecular weight is 987 g/mol. The van der Waals surface area contributed by atoms with Crippen LogP contribution >= 0.6 is 15.9 Å². The van der Waals surface area contributed by atoms with Crippen molar-refractivity contribution in [2.45, 2.75) is 6.54 Å². The summed E-state index contributed by atoms with van der Waals surface area (Å²) in [4.78, 5) is 15.7. The SMILES string of the molecule is Fc1c(F)c(F)c([B-](c2c(F)c(F)c(F)c(F)c2F)(c2c(F)c(F)c(F)c(F)c2F)c2c(F)c(F)c(F)c(F)c2F)c(F)c1F.O=C(OCBr)c1cncc[n+]1Cc1ccccc1. The van der Waals surface area contributed by atoms with Crippen molar-refractivity contribution >= 4 is 49.9 Å². The lowest BCUT2D eigenvalue weighted by molar-refractivity contribution is -0.691. The molecule has 0 fully saturated rings. The summed E-state index contributed by atoms with van der Waals surface area (Å²) in [6.45, 7) is 0.607. The fourth-order valence-electron chi connectivity index (χ4n) is 6.47. The molecule has 26 heteroatoms. The van der Waals surface area contributed by atoms with Crippen molar-refractivity contribution in [1.82, 2.24) is 4.98 Å². The molecule has 0 aliphatic carbocycles. The number of aromatic nitrogens is 2. The molecule has 0 bridgehead atoms. The van der Waals surface area contributed by atoms with E-state index in [2.05, 4.69) is 20.9 Å². The Kier molecular flexibility index (Phi) is 13.9. The van der Waals surface area contributed by atoms with Crippen LogP contribution in [0.15, 0.2) is 48.9 Å². The first-order valence-corrected chi connectivity index (χ1v) is 17.5. The first-order valence-electron chi connectivity index (χ1n) is 16.3. The van der Waals surface area contributed by atoms with Gasteiger partial charge in [-0.1, -0.05) is 30.3 Å². The molecule has 4 nitrogen and oxygen atoms in total. The van der Waals surface area contributed by atoms with Crippen LogP contribution in [0.3, 0.4) is 0 Å². The maximum absolute atomic E-state index is 15.4. The summed E-state index contributed by atoms with van der Waals surface area (Å²) in [5.41, 5.74) is -12.6. The Labute approximate surface area is 345 Å². The van der Waals surface area contributed by atoms with Crippen molar-refractivity contribution < 1.29 is 102 Å². The van der Waals surface area contributed by atoms with Gasteiger partial charge in [-0.2, -0.15) is 4.57 Å². The van der Waals surface area contributed by atoms with Crippen molar-refractivity contribution in [2.24, 2.45) is 0 Å². The minimum absolute atomic E-state index is 0.173. The third-order valence-electron chi connectivity index (χ3n) is 9.14. The van der Waals surface area contributed by atoms with Crippen LogP contribution in [0.5, 0.6) is 0 Å². The molecule has 5 aromatic carbocycles. The highest BCUT2D eigenvalue weighted by Gasteiger charge is 2.52. The molecule has 332 valence electrons. The molecular formula is C37H12BBrF20N2O2. The van der Waals surface area contributed by atoms with Gasteiger partial charge in [-0.25, -0.2) is 92.6 Å². The number of hydrogen-bond donors (Lipinski definition) is 0. The Morgan fingerprint density at radius 2 is 0.762 bits per heavy atom. The second-order valence-electron chi connectivity index (χ2n) is 12.4. The molecule has 0 N–H and O–H groups in total. The fourth-order valence-corrected chi connectivity index (χ4v) is 6.68. The molecule has 0 aliphatic rings. The molecule has 0 saturated carbocycles. The van der Waals surface area contributed by atoms with Gasteiger partial charge in [0.1, 0.15) is 64.4 Å². The van der Waals surface area contributed by atoms with E-state index in [1.54, 1.807) is 12.4 Å². The molecule has 0 radical (unpaired) electrons. The van der Waals surface area contributed by atoms with Gasteiger partial charge in [-0.05, 0) is 15.9 Å². The minimum atomic E-state index is -7.22. The molecule has 0 atom stereocenters. The second kappa shape index (κ2) is 18.3. The molecule has 1 aromatic heterocycles. The molecule has 0 aliphatic heterocycles. The summed E-state index contributed by atoms with van der Waals surface area (Å²) >= 11 is 3.07. The number of carbonyl (C=O) groups is 1. The average Bonchev–Trinajstić information content (AvgIpc) is 3.27. The second-order valence-corrected chi connectivity index (χ2v) is 12.9. The van der Waals surface area contributed by atoms with Gasteiger partial charge < -0.3 is 4.74 Å². The standard InChI is InChI=1S/C24BF20.C13H12BrN2O2/c26-5-1(6(27)14(35)21(42)13(5)34)25(2-7(28)15(36)22(43)16(37)8(2)29,3-9(30)17(38)23(44)18(39)10(3)31)4-11(32)19(40)24(45)20(41)12(4)33;14-10-18-13(17)12-8-15-6-7-16(12)9-11-4-2-1-3-5-11/h;1-8H,9-10H2/q-1;+1. The van der Waals surface area contributed by atoms with E-state index in [1.807, 2.05) is 34.9 Å². The summed E-state index contributed by atoms with van der Waals surface area (Å²) in [5.74, 6) is -71.8. The summed E-state index contributed by atoms with van der Waals surface area (Å²) < 4.78 is 301. The number of halogens is 21. The number of nitrogens with zero attached hydrogens (tertiary/aromatic N) is 2. The largest absolute Gasteiger partial charge is 0.446 e. The monoisotopic (exact) mass is 986 g/mol. The van der Waals surface area contributed by atoms with Crippen molar-refractivity contribution in [3.8, 4) is 0 Å². The first-order chi connectivity index (χ1) is 29.5. The van der Waals surface area contributed by atoms with E-state index in [1.165, 1.54) is 6.20 Å². The number of hydrogen-bond acceptors (Lipinski definition) is 3. The van der Waals surface area contributed by atoms with E-state index >= 15 is 35.1 Å². The number of alkyl halides is 1. The predicted octanol–water partition coefficient (Wildman–Crippen LogP) is 7.77. The number of ether oxygens (including phenoxy) is 1. The highest BCUT2D eigenvalue weighted by Crippen LogP contribution is 2.30. The zero-order chi connectivity index (χ0) is 47.2. The van der Waals surface area contributed by atoms with Crippen molar-refractivity contribution in [2.75, 3.05) is 5.52 Å². The van der Waals surface area contributed by atoms with Crippen molar-refractivity contribution in [3.63, 3.8) is 0 Å². The Balaban J connectivity index is 0.000000345. The van der Waals surface area contributed by atoms with Gasteiger partial charge in [0, 0.05) is 5.56 Å². The maximum atomic E-state index is 15.4. The normalized spacial score (nSPS) is 11.4. The van der Waals surface area contributed by atoms with Crippen molar-refractivity contribution in [3.05, 3.63) is 177 Å². The third-order valence-corrected chi connectivity index (χ3v) is 9.37. The Morgan fingerprint density at radius 1 is 0.476 bits per heavy atom. The molecule has 6 rings (SSSR count). The van der Waals surface area contributed by atoms with E-state index < -0.39 is 150 Å². The van der Waals surface area contributed by atoms with Crippen LogP contribution in [0, 0.1) is 116 Å². The van der Waals surface area contributed by atoms with Crippen LogP contribution in [-0.4, -0.2) is 22.6 Å². The van der Waals surface area contributed by atoms with E-state index in [9.17, 15) is 57.5 Å².